The first kappa shape index (κ1) is 11.3. The molecular weight excluding hydrogens is 218 g/mol. The first-order valence-corrected chi connectivity index (χ1v) is 5.89. The van der Waals surface area contributed by atoms with Crippen molar-refractivity contribution in [3.05, 3.63) is 53.6 Å². The Balaban J connectivity index is 2.12. The van der Waals surface area contributed by atoms with Gasteiger partial charge >= 0.3 is 0 Å². The van der Waals surface area contributed by atoms with E-state index >= 15 is 0 Å². The lowest BCUT2D eigenvalue weighted by Crippen LogP contribution is -2.33. The predicted molar refractivity (Wildman–Crippen MR) is 71.1 cm³/mol. The van der Waals surface area contributed by atoms with Gasteiger partial charge in [0.25, 0.3) is 0 Å². The molecule has 1 nitrogen and oxygen atoms in total. The highest BCUT2D eigenvalue weighted by molar-refractivity contribution is 6.30. The van der Waals surface area contributed by atoms with Crippen LogP contribution in [0.5, 0.6) is 0 Å². The molecule has 0 saturated carbocycles. The minimum absolute atomic E-state index is 0.455. The largest absolute Gasteiger partial charge is 0.371 e. The monoisotopic (exact) mass is 233 g/mol. The topological polar surface area (TPSA) is 3.24 Å². The highest BCUT2D eigenvalue weighted by atomic mass is 35.5. The minimum Gasteiger partial charge on any atom is -0.371 e. The van der Waals surface area contributed by atoms with Gasteiger partial charge in [-0.05, 0) is 31.2 Å². The van der Waals surface area contributed by atoms with Gasteiger partial charge in [0.05, 0.1) is 0 Å². The summed E-state index contributed by atoms with van der Waals surface area (Å²) in [6, 6.07) is 8.43. The van der Waals surface area contributed by atoms with Crippen LogP contribution < -0.4 is 4.90 Å². The zero-order valence-electron chi connectivity index (χ0n) is 9.60. The molecule has 1 aliphatic carbocycles. The first-order chi connectivity index (χ1) is 7.68. The molecule has 84 valence electrons. The van der Waals surface area contributed by atoms with Crippen molar-refractivity contribution in [2.45, 2.75) is 13.0 Å². The Morgan fingerprint density at radius 2 is 1.69 bits per heavy atom. The van der Waals surface area contributed by atoms with Crippen molar-refractivity contribution in [2.75, 3.05) is 11.9 Å². The fraction of sp³-hybridized carbons (Fsp3) is 0.286. The maximum atomic E-state index is 5.88. The van der Waals surface area contributed by atoms with E-state index in [1.807, 2.05) is 12.1 Å². The molecule has 2 heteroatoms. The molecule has 0 N–H and O–H groups in total. The van der Waals surface area contributed by atoms with E-state index < -0.39 is 0 Å². The number of nitrogens with zero attached hydrogens (tertiary/aromatic N) is 1. The first-order valence-electron chi connectivity index (χ1n) is 5.52. The SMILES string of the molecule is CC(C1C=CC=C1)N(C)c1ccc(Cl)cc1. The third-order valence-electron chi connectivity index (χ3n) is 3.18. The fourth-order valence-electron chi connectivity index (χ4n) is 1.94. The molecule has 0 saturated heterocycles. The number of benzene rings is 1. The molecule has 0 amide bonds. The van der Waals surface area contributed by atoms with Crippen LogP contribution in [0.15, 0.2) is 48.6 Å². The van der Waals surface area contributed by atoms with Crippen molar-refractivity contribution in [1.82, 2.24) is 0 Å². The van der Waals surface area contributed by atoms with E-state index in [9.17, 15) is 0 Å². The highest BCUT2D eigenvalue weighted by Crippen LogP contribution is 2.24. The van der Waals surface area contributed by atoms with Gasteiger partial charge < -0.3 is 4.90 Å². The summed E-state index contributed by atoms with van der Waals surface area (Å²) in [7, 11) is 2.12. The Bertz CT molecular complexity index is 393. The second-order valence-electron chi connectivity index (χ2n) is 4.18. The van der Waals surface area contributed by atoms with Gasteiger partial charge in [0.1, 0.15) is 0 Å². The molecule has 0 aliphatic heterocycles. The molecule has 1 aromatic carbocycles. The third-order valence-corrected chi connectivity index (χ3v) is 3.43. The van der Waals surface area contributed by atoms with Crippen LogP contribution in [0, 0.1) is 5.92 Å². The van der Waals surface area contributed by atoms with Crippen LogP contribution in [0.1, 0.15) is 6.92 Å². The average Bonchev–Trinajstić information content (AvgIpc) is 2.81. The second-order valence-corrected chi connectivity index (χ2v) is 4.61. The summed E-state index contributed by atoms with van der Waals surface area (Å²) in [6.45, 7) is 2.24. The molecule has 0 aromatic heterocycles. The molecule has 0 bridgehead atoms. The van der Waals surface area contributed by atoms with E-state index in [-0.39, 0.29) is 0 Å². The Morgan fingerprint density at radius 1 is 1.12 bits per heavy atom. The standard InChI is InChI=1S/C14H16ClN/c1-11(12-5-3-4-6-12)16(2)14-9-7-13(15)8-10-14/h3-12H,1-2H3. The van der Waals surface area contributed by atoms with Gasteiger partial charge in [-0.3, -0.25) is 0 Å². The highest BCUT2D eigenvalue weighted by Gasteiger charge is 2.18. The Kier molecular flexibility index (Phi) is 3.35. The van der Waals surface area contributed by atoms with Crippen molar-refractivity contribution in [1.29, 1.82) is 0 Å². The summed E-state index contributed by atoms with van der Waals surface area (Å²) in [4.78, 5) is 2.28. The molecule has 0 fully saturated rings. The summed E-state index contributed by atoms with van der Waals surface area (Å²) < 4.78 is 0. The number of rotatable bonds is 3. The molecule has 0 radical (unpaired) electrons. The molecule has 2 rings (SSSR count). The molecular formula is C14H16ClN. The maximum Gasteiger partial charge on any atom is 0.0407 e. The fourth-order valence-corrected chi connectivity index (χ4v) is 2.07. The van der Waals surface area contributed by atoms with Gasteiger partial charge in [-0.1, -0.05) is 35.9 Å². The van der Waals surface area contributed by atoms with Crippen molar-refractivity contribution in [3.63, 3.8) is 0 Å². The number of halogens is 1. The maximum absolute atomic E-state index is 5.88. The zero-order chi connectivity index (χ0) is 11.5. The van der Waals surface area contributed by atoms with Crippen LogP contribution in [0.25, 0.3) is 0 Å². The van der Waals surface area contributed by atoms with Crippen LogP contribution in [0.2, 0.25) is 5.02 Å². The van der Waals surface area contributed by atoms with Crippen LogP contribution in [0.3, 0.4) is 0 Å². The molecule has 1 atom stereocenters. The van der Waals surface area contributed by atoms with Gasteiger partial charge in [-0.15, -0.1) is 0 Å². The lowest BCUT2D eigenvalue weighted by molar-refractivity contribution is 0.601. The predicted octanol–water partition coefficient (Wildman–Crippen LogP) is 3.91. The molecule has 0 heterocycles. The van der Waals surface area contributed by atoms with Gasteiger partial charge in [0.2, 0.25) is 0 Å². The number of allylic oxidation sites excluding steroid dienone is 2. The molecule has 1 unspecified atom stereocenters. The van der Waals surface area contributed by atoms with Gasteiger partial charge in [-0.2, -0.15) is 0 Å². The summed E-state index contributed by atoms with van der Waals surface area (Å²) in [6.07, 6.45) is 8.68. The number of hydrogen-bond acceptors (Lipinski definition) is 1. The zero-order valence-corrected chi connectivity index (χ0v) is 10.4. The molecule has 16 heavy (non-hydrogen) atoms. The van der Waals surface area contributed by atoms with Crippen molar-refractivity contribution >= 4 is 17.3 Å². The summed E-state index contributed by atoms with van der Waals surface area (Å²) in [5, 5.41) is 0.783. The normalized spacial score (nSPS) is 16.7. The van der Waals surface area contributed by atoms with E-state index in [4.69, 9.17) is 11.6 Å². The minimum atomic E-state index is 0.455. The van der Waals surface area contributed by atoms with E-state index in [0.29, 0.717) is 12.0 Å². The quantitative estimate of drug-likeness (QED) is 0.765. The van der Waals surface area contributed by atoms with Gasteiger partial charge in [0.15, 0.2) is 0 Å². The van der Waals surface area contributed by atoms with Crippen molar-refractivity contribution in [3.8, 4) is 0 Å². The molecule has 0 spiro atoms. The van der Waals surface area contributed by atoms with E-state index in [0.717, 1.165) is 5.02 Å². The summed E-state index contributed by atoms with van der Waals surface area (Å²) in [5.41, 5.74) is 1.20. The Labute approximate surface area is 102 Å². The smallest absolute Gasteiger partial charge is 0.0407 e. The molecule has 1 aromatic rings. The van der Waals surface area contributed by atoms with Crippen molar-refractivity contribution < 1.29 is 0 Å². The Hall–Kier alpha value is -1.21. The van der Waals surface area contributed by atoms with Crippen LogP contribution >= 0.6 is 11.6 Å². The lowest BCUT2D eigenvalue weighted by Gasteiger charge is -2.30. The van der Waals surface area contributed by atoms with Crippen LogP contribution in [0.4, 0.5) is 5.69 Å². The van der Waals surface area contributed by atoms with E-state index in [2.05, 4.69) is 55.3 Å². The van der Waals surface area contributed by atoms with Gasteiger partial charge in [0, 0.05) is 29.7 Å². The third kappa shape index (κ3) is 2.30. The van der Waals surface area contributed by atoms with Crippen LogP contribution in [-0.2, 0) is 0 Å². The summed E-state index contributed by atoms with van der Waals surface area (Å²) >= 11 is 5.88. The second kappa shape index (κ2) is 4.75. The van der Waals surface area contributed by atoms with Crippen molar-refractivity contribution in [2.24, 2.45) is 5.92 Å². The number of anilines is 1. The average molecular weight is 234 g/mol. The van der Waals surface area contributed by atoms with Crippen LogP contribution in [-0.4, -0.2) is 13.1 Å². The Morgan fingerprint density at radius 3 is 2.25 bits per heavy atom. The van der Waals surface area contributed by atoms with Gasteiger partial charge in [-0.25, -0.2) is 0 Å². The van der Waals surface area contributed by atoms with E-state index in [1.54, 1.807) is 0 Å². The number of hydrogen-bond donors (Lipinski definition) is 0. The molecule has 1 aliphatic rings. The summed E-state index contributed by atoms with van der Waals surface area (Å²) in [5.74, 6) is 0.501. The lowest BCUT2D eigenvalue weighted by atomic mass is 10.0. The van der Waals surface area contributed by atoms with E-state index in [1.165, 1.54) is 5.69 Å².